The van der Waals surface area contributed by atoms with Gasteiger partial charge in [-0.2, -0.15) is 0 Å². The summed E-state index contributed by atoms with van der Waals surface area (Å²) < 4.78 is 32.9. The highest BCUT2D eigenvalue weighted by atomic mass is 32.2. The predicted octanol–water partition coefficient (Wildman–Crippen LogP) is 5.68. The molecule has 0 aliphatic rings. The van der Waals surface area contributed by atoms with E-state index in [0.29, 0.717) is 17.0 Å². The normalized spacial score (nSPS) is 11.9. The van der Waals surface area contributed by atoms with E-state index in [0.717, 1.165) is 16.7 Å². The number of benzene rings is 4. The van der Waals surface area contributed by atoms with Crippen LogP contribution in [0.3, 0.4) is 0 Å². The quantitative estimate of drug-likeness (QED) is 0.242. The van der Waals surface area contributed by atoms with Crippen molar-refractivity contribution in [2.45, 2.75) is 17.7 Å². The SMILES string of the molecule is COc1ccc(S(=O)(=O)Nc2ccc(-c3ccc(C(=O)CC(Cc4ccccc4)C(=O)O)cc3)cc2)cc1. The molecular formula is C30H27NO6S. The predicted molar refractivity (Wildman–Crippen MR) is 146 cm³/mol. The van der Waals surface area contributed by atoms with Crippen molar-refractivity contribution in [2.24, 2.45) is 5.92 Å². The van der Waals surface area contributed by atoms with Gasteiger partial charge in [0.1, 0.15) is 5.75 Å². The third kappa shape index (κ3) is 6.66. The average Bonchev–Trinajstić information content (AvgIpc) is 2.93. The zero-order chi connectivity index (χ0) is 27.1. The summed E-state index contributed by atoms with van der Waals surface area (Å²) >= 11 is 0. The average molecular weight is 530 g/mol. The highest BCUT2D eigenvalue weighted by Gasteiger charge is 2.22. The number of methoxy groups -OCH3 is 1. The fourth-order valence-electron chi connectivity index (χ4n) is 4.04. The summed E-state index contributed by atoms with van der Waals surface area (Å²) in [4.78, 5) is 24.6. The van der Waals surface area contributed by atoms with Crippen LogP contribution in [0.4, 0.5) is 5.69 Å². The maximum atomic E-state index is 12.8. The van der Waals surface area contributed by atoms with Crippen molar-refractivity contribution >= 4 is 27.5 Å². The van der Waals surface area contributed by atoms with Gasteiger partial charge in [-0.3, -0.25) is 14.3 Å². The van der Waals surface area contributed by atoms with Crippen LogP contribution in [0.1, 0.15) is 22.3 Å². The number of carboxylic acids is 1. The zero-order valence-electron chi connectivity index (χ0n) is 20.7. The molecule has 4 aromatic carbocycles. The van der Waals surface area contributed by atoms with E-state index in [-0.39, 0.29) is 23.5 Å². The number of hydrogen-bond acceptors (Lipinski definition) is 5. The van der Waals surface area contributed by atoms with Gasteiger partial charge >= 0.3 is 5.97 Å². The molecule has 4 aromatic rings. The molecule has 0 spiro atoms. The molecule has 0 bridgehead atoms. The monoisotopic (exact) mass is 529 g/mol. The summed E-state index contributed by atoms with van der Waals surface area (Å²) in [5, 5.41) is 9.60. The standard InChI is InChI=1S/C30H27NO6S/c1-37-27-15-17-28(18-16-27)38(35,36)31-26-13-11-23(12-14-26)22-7-9-24(10-8-22)29(32)20-25(30(33)34)19-21-5-3-2-4-6-21/h2-18,25,31H,19-20H2,1H3,(H,33,34). The highest BCUT2D eigenvalue weighted by Crippen LogP contribution is 2.25. The van der Waals surface area contributed by atoms with Gasteiger partial charge in [-0.05, 0) is 59.5 Å². The molecular weight excluding hydrogens is 502 g/mol. The lowest BCUT2D eigenvalue weighted by Gasteiger charge is -2.12. The number of ketones is 1. The lowest BCUT2D eigenvalue weighted by atomic mass is 9.91. The van der Waals surface area contributed by atoms with Crippen LogP contribution in [0.15, 0.2) is 108 Å². The van der Waals surface area contributed by atoms with E-state index in [1.807, 2.05) is 30.3 Å². The number of anilines is 1. The van der Waals surface area contributed by atoms with Crippen molar-refractivity contribution < 1.29 is 27.9 Å². The largest absolute Gasteiger partial charge is 0.497 e. The van der Waals surface area contributed by atoms with Gasteiger partial charge in [-0.25, -0.2) is 8.42 Å². The van der Waals surface area contributed by atoms with Gasteiger partial charge < -0.3 is 9.84 Å². The molecule has 0 aliphatic carbocycles. The zero-order valence-corrected chi connectivity index (χ0v) is 21.5. The number of carbonyl (C=O) groups is 2. The van der Waals surface area contributed by atoms with Crippen molar-refractivity contribution in [1.29, 1.82) is 0 Å². The summed E-state index contributed by atoms with van der Waals surface area (Å²) in [5.41, 5.74) is 3.40. The molecule has 0 aliphatic heterocycles. The number of nitrogens with one attached hydrogen (secondary N) is 1. The van der Waals surface area contributed by atoms with Gasteiger partial charge in [0.15, 0.2) is 5.78 Å². The molecule has 0 fully saturated rings. The number of carboxylic acid groups (broad SMARTS) is 1. The van der Waals surface area contributed by atoms with E-state index >= 15 is 0 Å². The van der Waals surface area contributed by atoms with Crippen LogP contribution in [0, 0.1) is 5.92 Å². The van der Waals surface area contributed by atoms with Crippen LogP contribution in [0.25, 0.3) is 11.1 Å². The Morgan fingerprint density at radius 1 is 0.816 bits per heavy atom. The lowest BCUT2D eigenvalue weighted by molar-refractivity contribution is -0.141. The molecule has 0 heterocycles. The van der Waals surface area contributed by atoms with Gasteiger partial charge in [-0.1, -0.05) is 66.7 Å². The minimum atomic E-state index is -3.75. The Balaban J connectivity index is 1.41. The van der Waals surface area contributed by atoms with Gasteiger partial charge in [0.2, 0.25) is 0 Å². The van der Waals surface area contributed by atoms with Crippen molar-refractivity contribution in [2.75, 3.05) is 11.8 Å². The molecule has 8 heteroatoms. The number of ether oxygens (including phenoxy) is 1. The Labute approximate surface area is 221 Å². The first-order chi connectivity index (χ1) is 18.2. The van der Waals surface area contributed by atoms with Crippen molar-refractivity contribution in [3.05, 3.63) is 114 Å². The maximum absolute atomic E-state index is 12.8. The summed E-state index contributed by atoms with van der Waals surface area (Å²) in [6.45, 7) is 0. The van der Waals surface area contributed by atoms with E-state index in [1.165, 1.54) is 19.2 Å². The molecule has 7 nitrogen and oxygen atoms in total. The summed E-state index contributed by atoms with van der Waals surface area (Å²) in [6, 6.07) is 29.2. The Bertz CT molecular complexity index is 1500. The first-order valence-corrected chi connectivity index (χ1v) is 13.4. The van der Waals surface area contributed by atoms with Crippen molar-refractivity contribution in [3.8, 4) is 16.9 Å². The second-order valence-corrected chi connectivity index (χ2v) is 10.5. The number of rotatable bonds is 11. The minimum Gasteiger partial charge on any atom is -0.497 e. The minimum absolute atomic E-state index is 0.0907. The van der Waals surface area contributed by atoms with Gasteiger partial charge in [-0.15, -0.1) is 0 Å². The molecule has 0 radical (unpaired) electrons. The Morgan fingerprint density at radius 2 is 1.39 bits per heavy atom. The third-order valence-electron chi connectivity index (χ3n) is 6.15. The van der Waals surface area contributed by atoms with Crippen molar-refractivity contribution in [1.82, 2.24) is 0 Å². The number of Topliss-reactive ketones (excluding diaryl/α,β-unsaturated/α-hetero) is 1. The fourth-order valence-corrected chi connectivity index (χ4v) is 5.09. The van der Waals surface area contributed by atoms with Crippen LogP contribution >= 0.6 is 0 Å². The van der Waals surface area contributed by atoms with E-state index in [9.17, 15) is 23.1 Å². The second kappa shape index (κ2) is 11.7. The number of hydrogen-bond donors (Lipinski definition) is 2. The van der Waals surface area contributed by atoms with Gasteiger partial charge in [0.05, 0.1) is 17.9 Å². The van der Waals surface area contributed by atoms with Crippen LogP contribution in [-0.2, 0) is 21.2 Å². The topological polar surface area (TPSA) is 110 Å². The summed E-state index contributed by atoms with van der Waals surface area (Å²) in [5.74, 6) is -1.47. The molecule has 0 saturated heterocycles. The summed E-state index contributed by atoms with van der Waals surface area (Å²) in [6.07, 6.45) is 0.196. The van der Waals surface area contributed by atoms with E-state index in [2.05, 4.69) is 4.72 Å². The molecule has 1 atom stereocenters. The number of sulfonamides is 1. The van der Waals surface area contributed by atoms with E-state index < -0.39 is 21.9 Å². The first kappa shape index (κ1) is 26.6. The number of carbonyl (C=O) groups excluding carboxylic acids is 1. The third-order valence-corrected chi connectivity index (χ3v) is 7.55. The number of aliphatic carboxylic acids is 1. The Kier molecular flexibility index (Phi) is 8.23. The first-order valence-electron chi connectivity index (χ1n) is 11.9. The molecule has 194 valence electrons. The molecule has 38 heavy (non-hydrogen) atoms. The maximum Gasteiger partial charge on any atom is 0.307 e. The van der Waals surface area contributed by atoms with Crippen LogP contribution < -0.4 is 9.46 Å². The smallest absolute Gasteiger partial charge is 0.307 e. The molecule has 0 saturated carbocycles. The van der Waals surface area contributed by atoms with Crippen molar-refractivity contribution in [3.63, 3.8) is 0 Å². The van der Waals surface area contributed by atoms with E-state index in [1.54, 1.807) is 60.7 Å². The molecule has 4 rings (SSSR count). The molecule has 2 N–H and O–H groups in total. The molecule has 1 unspecified atom stereocenters. The molecule has 0 amide bonds. The van der Waals surface area contributed by atoms with Gasteiger partial charge in [0, 0.05) is 17.7 Å². The Hall–Kier alpha value is -4.43. The lowest BCUT2D eigenvalue weighted by Crippen LogP contribution is -2.20. The summed E-state index contributed by atoms with van der Waals surface area (Å²) in [7, 11) is -2.24. The van der Waals surface area contributed by atoms with Crippen LogP contribution in [0.5, 0.6) is 5.75 Å². The second-order valence-electron chi connectivity index (χ2n) is 8.79. The van der Waals surface area contributed by atoms with Crippen LogP contribution in [-0.4, -0.2) is 32.4 Å². The highest BCUT2D eigenvalue weighted by molar-refractivity contribution is 7.92. The van der Waals surface area contributed by atoms with E-state index in [4.69, 9.17) is 4.74 Å². The van der Waals surface area contributed by atoms with Gasteiger partial charge in [0.25, 0.3) is 10.0 Å². The Morgan fingerprint density at radius 3 is 1.95 bits per heavy atom. The van der Waals surface area contributed by atoms with Crippen LogP contribution in [0.2, 0.25) is 0 Å². The fraction of sp³-hybridized carbons (Fsp3) is 0.133. The molecule has 0 aromatic heterocycles.